The summed E-state index contributed by atoms with van der Waals surface area (Å²) in [6.07, 6.45) is 3.43. The van der Waals surface area contributed by atoms with Gasteiger partial charge in [-0.1, -0.05) is 0 Å². The highest BCUT2D eigenvalue weighted by Crippen LogP contribution is 2.35. The van der Waals surface area contributed by atoms with Crippen molar-refractivity contribution < 1.29 is 14.2 Å². The van der Waals surface area contributed by atoms with Crippen molar-refractivity contribution in [3.8, 4) is 5.75 Å². The first kappa shape index (κ1) is 12.8. The minimum Gasteiger partial charge on any atom is -0.489 e. The van der Waals surface area contributed by atoms with Gasteiger partial charge in [-0.15, -0.1) is 0 Å². The summed E-state index contributed by atoms with van der Waals surface area (Å²) >= 11 is 3.32. The van der Waals surface area contributed by atoms with E-state index in [0.717, 1.165) is 18.4 Å². The Labute approximate surface area is 109 Å². The standard InChI is InChI=1S/C13H16BrFO2/c1-8(16)5-9-6-10(15)7-12(14)13(9)17-11-3-2-4-11/h6-8,11,16H,2-5H2,1H3. The van der Waals surface area contributed by atoms with E-state index in [2.05, 4.69) is 15.9 Å². The number of halogens is 2. The van der Waals surface area contributed by atoms with Gasteiger partial charge in [0.1, 0.15) is 11.6 Å². The minimum atomic E-state index is -0.507. The third-order valence-electron chi connectivity index (χ3n) is 2.94. The second-order valence-corrected chi connectivity index (χ2v) is 5.45. The number of aliphatic hydroxyl groups is 1. The normalized spacial score (nSPS) is 17.6. The molecular weight excluding hydrogens is 287 g/mol. The average molecular weight is 303 g/mol. The molecule has 94 valence electrons. The Bertz CT molecular complexity index is 403. The Morgan fingerprint density at radius 1 is 1.53 bits per heavy atom. The number of rotatable bonds is 4. The zero-order chi connectivity index (χ0) is 12.4. The van der Waals surface area contributed by atoms with Crippen molar-refractivity contribution in [2.24, 2.45) is 0 Å². The first-order chi connectivity index (χ1) is 8.06. The predicted octanol–water partition coefficient (Wildman–Crippen LogP) is 3.44. The minimum absolute atomic E-state index is 0.240. The van der Waals surface area contributed by atoms with Crippen LogP contribution in [0.5, 0.6) is 5.75 Å². The summed E-state index contributed by atoms with van der Waals surface area (Å²) in [5.74, 6) is 0.366. The summed E-state index contributed by atoms with van der Waals surface area (Å²) in [6.45, 7) is 1.69. The van der Waals surface area contributed by atoms with Crippen LogP contribution in [0.25, 0.3) is 0 Å². The van der Waals surface area contributed by atoms with E-state index in [-0.39, 0.29) is 11.9 Å². The summed E-state index contributed by atoms with van der Waals surface area (Å²) in [4.78, 5) is 0. The quantitative estimate of drug-likeness (QED) is 0.923. The number of benzene rings is 1. The zero-order valence-electron chi connectivity index (χ0n) is 9.75. The predicted molar refractivity (Wildman–Crippen MR) is 67.8 cm³/mol. The summed E-state index contributed by atoms with van der Waals surface area (Å²) < 4.78 is 19.8. The second kappa shape index (κ2) is 5.36. The van der Waals surface area contributed by atoms with Crippen LogP contribution in [-0.4, -0.2) is 17.3 Å². The van der Waals surface area contributed by atoms with Gasteiger partial charge in [0.2, 0.25) is 0 Å². The molecule has 1 unspecified atom stereocenters. The Kier molecular flexibility index (Phi) is 4.05. The summed E-state index contributed by atoms with van der Waals surface area (Å²) in [7, 11) is 0. The van der Waals surface area contributed by atoms with Crippen LogP contribution >= 0.6 is 15.9 Å². The van der Waals surface area contributed by atoms with E-state index in [1.807, 2.05) is 0 Å². The molecule has 0 amide bonds. The Hall–Kier alpha value is -0.610. The van der Waals surface area contributed by atoms with Gasteiger partial charge in [-0.2, -0.15) is 0 Å². The topological polar surface area (TPSA) is 29.5 Å². The highest BCUT2D eigenvalue weighted by Gasteiger charge is 2.22. The molecule has 1 aromatic rings. The average Bonchev–Trinajstić information content (AvgIpc) is 2.12. The van der Waals surface area contributed by atoms with Crippen LogP contribution in [-0.2, 0) is 6.42 Å². The molecule has 2 rings (SSSR count). The van der Waals surface area contributed by atoms with Crippen molar-refractivity contribution in [1.82, 2.24) is 0 Å². The van der Waals surface area contributed by atoms with Gasteiger partial charge in [-0.3, -0.25) is 0 Å². The Morgan fingerprint density at radius 2 is 2.24 bits per heavy atom. The lowest BCUT2D eigenvalue weighted by Gasteiger charge is -2.28. The Morgan fingerprint density at radius 3 is 2.76 bits per heavy atom. The van der Waals surface area contributed by atoms with Gasteiger partial charge >= 0.3 is 0 Å². The molecule has 1 aliphatic rings. The molecule has 1 saturated carbocycles. The molecule has 1 fully saturated rings. The molecule has 0 heterocycles. The van der Waals surface area contributed by atoms with Crippen LogP contribution < -0.4 is 4.74 Å². The zero-order valence-corrected chi connectivity index (χ0v) is 11.3. The van der Waals surface area contributed by atoms with Gasteiger partial charge in [0.15, 0.2) is 0 Å². The fourth-order valence-electron chi connectivity index (χ4n) is 1.87. The van der Waals surface area contributed by atoms with Gasteiger partial charge < -0.3 is 9.84 Å². The van der Waals surface area contributed by atoms with E-state index < -0.39 is 6.10 Å². The number of ether oxygens (including phenoxy) is 1. The van der Waals surface area contributed by atoms with Gasteiger partial charge in [-0.25, -0.2) is 4.39 Å². The van der Waals surface area contributed by atoms with Gasteiger partial charge in [-0.05, 0) is 54.2 Å². The lowest BCUT2D eigenvalue weighted by atomic mass is 9.96. The molecule has 1 aliphatic carbocycles. The van der Waals surface area contributed by atoms with Crippen LogP contribution in [0.1, 0.15) is 31.7 Å². The van der Waals surface area contributed by atoms with Crippen molar-refractivity contribution in [2.45, 2.75) is 44.8 Å². The van der Waals surface area contributed by atoms with E-state index >= 15 is 0 Å². The van der Waals surface area contributed by atoms with E-state index in [1.165, 1.54) is 18.6 Å². The van der Waals surface area contributed by atoms with E-state index in [0.29, 0.717) is 16.6 Å². The van der Waals surface area contributed by atoms with Crippen molar-refractivity contribution in [3.05, 3.63) is 28.0 Å². The molecule has 0 aliphatic heterocycles. The summed E-state index contributed by atoms with van der Waals surface area (Å²) in [6, 6.07) is 2.84. The fraction of sp³-hybridized carbons (Fsp3) is 0.538. The van der Waals surface area contributed by atoms with Crippen molar-refractivity contribution in [3.63, 3.8) is 0 Å². The fourth-order valence-corrected chi connectivity index (χ4v) is 2.44. The van der Waals surface area contributed by atoms with Gasteiger partial charge in [0.05, 0.1) is 16.7 Å². The maximum Gasteiger partial charge on any atom is 0.137 e. The van der Waals surface area contributed by atoms with Crippen LogP contribution in [0.3, 0.4) is 0 Å². The first-order valence-corrected chi connectivity index (χ1v) is 6.68. The van der Waals surface area contributed by atoms with Gasteiger partial charge in [0.25, 0.3) is 0 Å². The third-order valence-corrected chi connectivity index (χ3v) is 3.53. The molecular formula is C13H16BrFO2. The molecule has 17 heavy (non-hydrogen) atoms. The number of aliphatic hydroxyl groups excluding tert-OH is 1. The Balaban J connectivity index is 2.25. The lowest BCUT2D eigenvalue weighted by molar-refractivity contribution is 0.116. The highest BCUT2D eigenvalue weighted by atomic mass is 79.9. The van der Waals surface area contributed by atoms with Crippen LogP contribution in [0.4, 0.5) is 4.39 Å². The molecule has 1 N–H and O–H groups in total. The number of hydrogen-bond donors (Lipinski definition) is 1. The molecule has 0 bridgehead atoms. The van der Waals surface area contributed by atoms with Gasteiger partial charge in [0, 0.05) is 12.0 Å². The highest BCUT2D eigenvalue weighted by molar-refractivity contribution is 9.10. The lowest BCUT2D eigenvalue weighted by Crippen LogP contribution is -2.25. The summed E-state index contributed by atoms with van der Waals surface area (Å²) in [5, 5.41) is 9.42. The first-order valence-electron chi connectivity index (χ1n) is 5.89. The monoisotopic (exact) mass is 302 g/mol. The van der Waals surface area contributed by atoms with Crippen LogP contribution in [0.2, 0.25) is 0 Å². The van der Waals surface area contributed by atoms with E-state index in [9.17, 15) is 9.50 Å². The molecule has 0 saturated heterocycles. The van der Waals surface area contributed by atoms with Crippen molar-refractivity contribution in [2.75, 3.05) is 0 Å². The van der Waals surface area contributed by atoms with Crippen LogP contribution in [0, 0.1) is 5.82 Å². The van der Waals surface area contributed by atoms with Crippen LogP contribution in [0.15, 0.2) is 16.6 Å². The number of hydrogen-bond acceptors (Lipinski definition) is 2. The molecule has 0 radical (unpaired) electrons. The maximum absolute atomic E-state index is 13.3. The molecule has 4 heteroatoms. The molecule has 0 aromatic heterocycles. The van der Waals surface area contributed by atoms with E-state index in [1.54, 1.807) is 6.92 Å². The molecule has 1 atom stereocenters. The maximum atomic E-state index is 13.3. The van der Waals surface area contributed by atoms with Crippen molar-refractivity contribution >= 4 is 15.9 Å². The smallest absolute Gasteiger partial charge is 0.137 e. The van der Waals surface area contributed by atoms with E-state index in [4.69, 9.17) is 4.74 Å². The SMILES string of the molecule is CC(O)Cc1cc(F)cc(Br)c1OC1CCC1. The molecule has 0 spiro atoms. The molecule has 1 aromatic carbocycles. The second-order valence-electron chi connectivity index (χ2n) is 4.60. The largest absolute Gasteiger partial charge is 0.489 e. The third kappa shape index (κ3) is 3.19. The molecule has 2 nitrogen and oxygen atoms in total. The summed E-state index contributed by atoms with van der Waals surface area (Å²) in [5.41, 5.74) is 0.721. The van der Waals surface area contributed by atoms with Crippen molar-refractivity contribution in [1.29, 1.82) is 0 Å².